The molecular weight excluding hydrogens is 294 g/mol. The van der Waals surface area contributed by atoms with Crippen LogP contribution in [0.3, 0.4) is 0 Å². The van der Waals surface area contributed by atoms with Crippen molar-refractivity contribution < 1.29 is 0 Å². The van der Waals surface area contributed by atoms with Crippen LogP contribution in [-0.2, 0) is 6.42 Å². The minimum atomic E-state index is 0.703. The van der Waals surface area contributed by atoms with Crippen molar-refractivity contribution in [3.05, 3.63) is 47.8 Å². The Bertz CT molecular complexity index is 638. The average Bonchev–Trinajstić information content (AvgIpc) is 2.90. The van der Waals surface area contributed by atoms with E-state index in [1.54, 1.807) is 0 Å². The summed E-state index contributed by atoms with van der Waals surface area (Å²) in [5.74, 6) is 0.703. The largest absolute Gasteiger partial charge is 0.303 e. The normalized spacial score (nSPS) is 22.1. The fraction of sp³-hybridized carbons (Fsp3) is 0.571. The van der Waals surface area contributed by atoms with Gasteiger partial charge in [0.15, 0.2) is 0 Å². The molecule has 1 aliphatic carbocycles. The number of likely N-dealkylation sites (tertiary alicyclic amines) is 1. The quantitative estimate of drug-likeness (QED) is 0.822. The smallest absolute Gasteiger partial charge is 0.0648 e. The van der Waals surface area contributed by atoms with E-state index in [0.29, 0.717) is 5.92 Å². The van der Waals surface area contributed by atoms with Gasteiger partial charge in [0.1, 0.15) is 0 Å². The van der Waals surface area contributed by atoms with Crippen LogP contribution in [0.1, 0.15) is 62.1 Å². The van der Waals surface area contributed by atoms with Crippen LogP contribution in [-0.4, -0.2) is 34.3 Å². The van der Waals surface area contributed by atoms with Gasteiger partial charge in [0.05, 0.1) is 11.9 Å². The molecule has 0 saturated carbocycles. The van der Waals surface area contributed by atoms with Gasteiger partial charge in [-0.25, -0.2) is 4.68 Å². The molecule has 0 spiro atoms. The van der Waals surface area contributed by atoms with E-state index in [4.69, 9.17) is 5.10 Å². The Kier molecular flexibility index (Phi) is 4.98. The third kappa shape index (κ3) is 3.41. The Hall–Kier alpha value is -1.61. The molecule has 1 fully saturated rings. The zero-order valence-electron chi connectivity index (χ0n) is 14.7. The molecule has 0 radical (unpaired) electrons. The van der Waals surface area contributed by atoms with Gasteiger partial charge < -0.3 is 4.90 Å². The maximum absolute atomic E-state index is 4.73. The van der Waals surface area contributed by atoms with Crippen LogP contribution in [0.5, 0.6) is 0 Å². The third-order valence-electron chi connectivity index (χ3n) is 5.80. The molecule has 2 heterocycles. The lowest BCUT2D eigenvalue weighted by molar-refractivity contribution is 0.268. The van der Waals surface area contributed by atoms with Gasteiger partial charge in [-0.3, -0.25) is 0 Å². The molecule has 1 atom stereocenters. The van der Waals surface area contributed by atoms with Crippen LogP contribution in [0.25, 0.3) is 5.69 Å². The van der Waals surface area contributed by atoms with E-state index in [-0.39, 0.29) is 0 Å². The Balaban J connectivity index is 1.47. The summed E-state index contributed by atoms with van der Waals surface area (Å²) >= 11 is 0. The van der Waals surface area contributed by atoms with E-state index in [9.17, 15) is 0 Å². The second-order valence-electron chi connectivity index (χ2n) is 7.43. The highest BCUT2D eigenvalue weighted by Crippen LogP contribution is 2.35. The van der Waals surface area contributed by atoms with E-state index >= 15 is 0 Å². The summed E-state index contributed by atoms with van der Waals surface area (Å²) < 4.78 is 2.17. The molecule has 2 aliphatic rings. The summed E-state index contributed by atoms with van der Waals surface area (Å²) in [6.07, 6.45) is 12.9. The molecule has 2 aromatic rings. The van der Waals surface area contributed by atoms with Crippen LogP contribution < -0.4 is 0 Å². The first-order valence-corrected chi connectivity index (χ1v) is 9.76. The highest BCUT2D eigenvalue weighted by Gasteiger charge is 2.25. The van der Waals surface area contributed by atoms with E-state index in [1.165, 1.54) is 87.9 Å². The molecule has 1 aliphatic heterocycles. The SMILES string of the molecule is c1ccc(-n2ncc3c2CCCC3CCN2CCCCCC2)cc1. The third-order valence-corrected chi connectivity index (χ3v) is 5.80. The summed E-state index contributed by atoms with van der Waals surface area (Å²) in [4.78, 5) is 2.70. The van der Waals surface area contributed by atoms with Crippen LogP contribution >= 0.6 is 0 Å². The van der Waals surface area contributed by atoms with Crippen LogP contribution in [0.4, 0.5) is 0 Å². The maximum Gasteiger partial charge on any atom is 0.0648 e. The van der Waals surface area contributed by atoms with Gasteiger partial charge in [0.2, 0.25) is 0 Å². The second-order valence-corrected chi connectivity index (χ2v) is 7.43. The van der Waals surface area contributed by atoms with Gasteiger partial charge >= 0.3 is 0 Å². The Morgan fingerprint density at radius 2 is 1.75 bits per heavy atom. The lowest BCUT2D eigenvalue weighted by Gasteiger charge is -2.26. The summed E-state index contributed by atoms with van der Waals surface area (Å²) in [6.45, 7) is 3.88. The van der Waals surface area contributed by atoms with Crippen LogP contribution in [0.2, 0.25) is 0 Å². The van der Waals surface area contributed by atoms with Crippen LogP contribution in [0.15, 0.2) is 36.5 Å². The lowest BCUT2D eigenvalue weighted by Crippen LogP contribution is -2.27. The maximum atomic E-state index is 4.73. The van der Waals surface area contributed by atoms with Crippen molar-refractivity contribution in [2.45, 2.75) is 57.3 Å². The van der Waals surface area contributed by atoms with Crippen LogP contribution in [0, 0.1) is 0 Å². The number of hydrogen-bond acceptors (Lipinski definition) is 2. The molecule has 0 N–H and O–H groups in total. The molecule has 0 amide bonds. The first-order chi connectivity index (χ1) is 11.9. The average molecular weight is 323 g/mol. The summed E-state index contributed by atoms with van der Waals surface area (Å²) in [5.41, 5.74) is 4.17. The lowest BCUT2D eigenvalue weighted by atomic mass is 9.84. The van der Waals surface area contributed by atoms with Crippen molar-refractivity contribution in [1.29, 1.82) is 0 Å². The predicted molar refractivity (Wildman–Crippen MR) is 98.8 cm³/mol. The first kappa shape index (κ1) is 15.9. The zero-order chi connectivity index (χ0) is 16.2. The minimum Gasteiger partial charge on any atom is -0.303 e. The van der Waals surface area contributed by atoms with Crippen molar-refractivity contribution in [1.82, 2.24) is 14.7 Å². The van der Waals surface area contributed by atoms with Gasteiger partial charge in [0, 0.05) is 5.69 Å². The van der Waals surface area contributed by atoms with Gasteiger partial charge in [-0.1, -0.05) is 31.0 Å². The Labute approximate surface area is 145 Å². The van der Waals surface area contributed by atoms with Crippen molar-refractivity contribution in [3.63, 3.8) is 0 Å². The molecule has 4 rings (SSSR count). The molecule has 1 saturated heterocycles. The highest BCUT2D eigenvalue weighted by molar-refractivity contribution is 5.37. The van der Waals surface area contributed by atoms with E-state index < -0.39 is 0 Å². The van der Waals surface area contributed by atoms with E-state index in [0.717, 1.165) is 0 Å². The number of aromatic nitrogens is 2. The van der Waals surface area contributed by atoms with Crippen molar-refractivity contribution in [3.8, 4) is 5.69 Å². The number of para-hydroxylation sites is 1. The Morgan fingerprint density at radius 3 is 2.54 bits per heavy atom. The molecule has 128 valence electrons. The van der Waals surface area contributed by atoms with E-state index in [2.05, 4.69) is 46.1 Å². The van der Waals surface area contributed by atoms with Gasteiger partial charge in [-0.05, 0) is 81.8 Å². The number of benzene rings is 1. The molecule has 1 unspecified atom stereocenters. The predicted octanol–water partition coefficient (Wildman–Crippen LogP) is 4.56. The van der Waals surface area contributed by atoms with Crippen molar-refractivity contribution in [2.24, 2.45) is 0 Å². The monoisotopic (exact) mass is 323 g/mol. The van der Waals surface area contributed by atoms with Crippen molar-refractivity contribution >= 4 is 0 Å². The van der Waals surface area contributed by atoms with Crippen molar-refractivity contribution in [2.75, 3.05) is 19.6 Å². The summed E-state index contributed by atoms with van der Waals surface area (Å²) in [6, 6.07) is 10.6. The molecule has 3 nitrogen and oxygen atoms in total. The molecular formula is C21H29N3. The zero-order valence-corrected chi connectivity index (χ0v) is 14.7. The van der Waals surface area contributed by atoms with Gasteiger partial charge in [-0.2, -0.15) is 5.10 Å². The van der Waals surface area contributed by atoms with E-state index in [1.807, 2.05) is 0 Å². The molecule has 1 aromatic heterocycles. The fourth-order valence-corrected chi connectivity index (χ4v) is 4.44. The topological polar surface area (TPSA) is 21.1 Å². The number of rotatable bonds is 4. The second kappa shape index (κ2) is 7.52. The number of fused-ring (bicyclic) bond motifs is 1. The highest BCUT2D eigenvalue weighted by atomic mass is 15.3. The number of hydrogen-bond donors (Lipinski definition) is 0. The number of nitrogens with zero attached hydrogens (tertiary/aromatic N) is 3. The standard InChI is InChI=1S/C21H29N3/c1-2-7-15-23(14-6-1)16-13-18-9-8-12-21-20(18)17-22-24(21)19-10-4-3-5-11-19/h3-5,10-11,17-18H,1-2,6-9,12-16H2. The minimum absolute atomic E-state index is 0.703. The molecule has 24 heavy (non-hydrogen) atoms. The fourth-order valence-electron chi connectivity index (χ4n) is 4.44. The first-order valence-electron chi connectivity index (χ1n) is 9.76. The van der Waals surface area contributed by atoms with Gasteiger partial charge in [-0.15, -0.1) is 0 Å². The summed E-state index contributed by atoms with van der Waals surface area (Å²) in [7, 11) is 0. The molecule has 1 aromatic carbocycles. The Morgan fingerprint density at radius 1 is 0.958 bits per heavy atom. The molecule has 0 bridgehead atoms. The molecule has 3 heteroatoms. The van der Waals surface area contributed by atoms with Gasteiger partial charge in [0.25, 0.3) is 0 Å². The summed E-state index contributed by atoms with van der Waals surface area (Å²) in [5, 5.41) is 4.73.